The average molecular weight is 347 g/mol. The average Bonchev–Trinajstić information content (AvgIpc) is 2.82. The zero-order chi connectivity index (χ0) is 17.3. The third kappa shape index (κ3) is 3.44. The van der Waals surface area contributed by atoms with E-state index in [0.717, 1.165) is 42.8 Å². The predicted molar refractivity (Wildman–Crippen MR) is 94.7 cm³/mol. The van der Waals surface area contributed by atoms with Crippen molar-refractivity contribution in [2.45, 2.75) is 19.9 Å². The maximum absolute atomic E-state index is 12.0. The molecule has 0 radical (unpaired) electrons. The minimum Gasteiger partial charge on any atom is -0.338 e. The number of hydrogen-bond acceptors (Lipinski definition) is 7. The smallest absolute Gasteiger partial charge is 0.293 e. The van der Waals surface area contributed by atoms with Gasteiger partial charge in [0.15, 0.2) is 0 Å². The second-order valence-corrected chi connectivity index (χ2v) is 7.13. The van der Waals surface area contributed by atoms with E-state index >= 15 is 0 Å². The number of aromatic nitrogens is 2. The minimum absolute atomic E-state index is 0.259. The molecule has 0 unspecified atom stereocenters. The first kappa shape index (κ1) is 16.9. The number of anilines is 1. The Hall–Kier alpha value is -1.93. The number of thioether (sulfide) groups is 1. The third-order valence-corrected chi connectivity index (χ3v) is 5.22. The van der Waals surface area contributed by atoms with Crippen LogP contribution in [0.3, 0.4) is 0 Å². The van der Waals surface area contributed by atoms with Crippen molar-refractivity contribution in [3.05, 3.63) is 22.9 Å². The quantitative estimate of drug-likeness (QED) is 0.770. The first-order chi connectivity index (χ1) is 11.5. The summed E-state index contributed by atoms with van der Waals surface area (Å²) >= 11 is 0.939. The van der Waals surface area contributed by atoms with Crippen molar-refractivity contribution >= 4 is 34.9 Å². The highest BCUT2D eigenvalue weighted by molar-refractivity contribution is 8.18. The number of carbonyl (C=O) groups excluding carboxylic acids is 2. The summed E-state index contributed by atoms with van der Waals surface area (Å²) < 4.78 is 0. The maximum atomic E-state index is 12.0. The zero-order valence-electron chi connectivity index (χ0n) is 14.1. The molecule has 1 aromatic rings. The predicted octanol–water partition coefficient (Wildman–Crippen LogP) is 1.67. The van der Waals surface area contributed by atoms with Gasteiger partial charge in [0.05, 0.1) is 10.6 Å². The molecule has 8 heteroatoms. The monoisotopic (exact) mass is 347 g/mol. The maximum Gasteiger partial charge on any atom is 0.293 e. The molecule has 3 rings (SSSR count). The van der Waals surface area contributed by atoms with Crippen LogP contribution >= 0.6 is 11.8 Å². The van der Waals surface area contributed by atoms with E-state index in [0.29, 0.717) is 22.6 Å². The lowest BCUT2D eigenvalue weighted by molar-refractivity contribution is -0.121. The third-order valence-electron chi connectivity index (χ3n) is 4.26. The van der Waals surface area contributed by atoms with Crippen LogP contribution in [0, 0.1) is 0 Å². The van der Waals surface area contributed by atoms with Crippen LogP contribution in [-0.4, -0.2) is 70.2 Å². The lowest BCUT2D eigenvalue weighted by atomic mass is 10.2. The van der Waals surface area contributed by atoms with Crippen LogP contribution in [0.1, 0.15) is 19.5 Å². The molecule has 0 atom stereocenters. The van der Waals surface area contributed by atoms with Crippen LogP contribution in [0.25, 0.3) is 6.08 Å². The zero-order valence-corrected chi connectivity index (χ0v) is 14.9. The normalized spacial score (nSPS) is 21.4. The molecule has 0 spiro atoms. The number of piperazine rings is 1. The number of hydrogen-bond donors (Lipinski definition) is 0. The van der Waals surface area contributed by atoms with Gasteiger partial charge in [0, 0.05) is 45.5 Å². The van der Waals surface area contributed by atoms with E-state index in [1.54, 1.807) is 18.3 Å². The van der Waals surface area contributed by atoms with E-state index in [4.69, 9.17) is 0 Å². The van der Waals surface area contributed by atoms with Crippen LogP contribution in [0.2, 0.25) is 0 Å². The summed E-state index contributed by atoms with van der Waals surface area (Å²) in [7, 11) is 1.48. The van der Waals surface area contributed by atoms with E-state index < -0.39 is 0 Å². The molecule has 7 nitrogen and oxygen atoms in total. The Bertz CT molecular complexity index is 683. The lowest BCUT2D eigenvalue weighted by Gasteiger charge is -2.36. The van der Waals surface area contributed by atoms with Crippen LogP contribution in [0.15, 0.2) is 17.2 Å². The van der Waals surface area contributed by atoms with Gasteiger partial charge in [-0.1, -0.05) is 0 Å². The summed E-state index contributed by atoms with van der Waals surface area (Å²) in [6.45, 7) is 8.14. The number of amides is 2. The molecule has 2 fully saturated rings. The summed E-state index contributed by atoms with van der Waals surface area (Å²) in [6.07, 6.45) is 3.35. The first-order valence-electron chi connectivity index (χ1n) is 7.99. The van der Waals surface area contributed by atoms with Crippen molar-refractivity contribution in [1.29, 1.82) is 0 Å². The van der Waals surface area contributed by atoms with Crippen molar-refractivity contribution in [1.82, 2.24) is 19.8 Å². The molecular formula is C16H21N5O2S. The van der Waals surface area contributed by atoms with Gasteiger partial charge in [-0.2, -0.15) is 0 Å². The molecule has 2 aliphatic heterocycles. The van der Waals surface area contributed by atoms with Gasteiger partial charge in [0.1, 0.15) is 0 Å². The topological polar surface area (TPSA) is 69.6 Å². The highest BCUT2D eigenvalue weighted by Crippen LogP contribution is 2.30. The van der Waals surface area contributed by atoms with Gasteiger partial charge in [0.25, 0.3) is 11.1 Å². The number of nitrogens with zero attached hydrogens (tertiary/aromatic N) is 5. The van der Waals surface area contributed by atoms with Crippen LogP contribution in [-0.2, 0) is 4.79 Å². The lowest BCUT2D eigenvalue weighted by Crippen LogP contribution is -2.49. The van der Waals surface area contributed by atoms with Gasteiger partial charge in [-0.25, -0.2) is 9.97 Å². The molecule has 2 saturated heterocycles. The van der Waals surface area contributed by atoms with Crippen molar-refractivity contribution in [2.75, 3.05) is 38.1 Å². The van der Waals surface area contributed by atoms with E-state index in [9.17, 15) is 9.59 Å². The van der Waals surface area contributed by atoms with Crippen molar-refractivity contribution in [3.63, 3.8) is 0 Å². The number of rotatable bonds is 3. The number of carbonyl (C=O) groups is 2. The molecule has 128 valence electrons. The minimum atomic E-state index is -0.282. The van der Waals surface area contributed by atoms with Gasteiger partial charge in [-0.3, -0.25) is 19.4 Å². The van der Waals surface area contributed by atoms with Crippen molar-refractivity contribution in [2.24, 2.45) is 0 Å². The Morgan fingerprint density at radius 1 is 1.21 bits per heavy atom. The molecule has 2 aliphatic rings. The van der Waals surface area contributed by atoms with Gasteiger partial charge >= 0.3 is 0 Å². The molecule has 24 heavy (non-hydrogen) atoms. The fourth-order valence-corrected chi connectivity index (χ4v) is 3.52. The van der Waals surface area contributed by atoms with Gasteiger partial charge in [-0.15, -0.1) is 0 Å². The molecule has 0 saturated carbocycles. The highest BCUT2D eigenvalue weighted by atomic mass is 32.2. The summed E-state index contributed by atoms with van der Waals surface area (Å²) in [4.78, 5) is 38.5. The molecule has 2 amide bonds. The van der Waals surface area contributed by atoms with Crippen LogP contribution in [0.4, 0.5) is 10.7 Å². The summed E-state index contributed by atoms with van der Waals surface area (Å²) in [5, 5.41) is -0.259. The summed E-state index contributed by atoms with van der Waals surface area (Å²) in [6, 6.07) is 2.29. The largest absolute Gasteiger partial charge is 0.338 e. The number of likely N-dealkylation sites (N-methyl/N-ethyl adjacent to an activating group) is 1. The van der Waals surface area contributed by atoms with E-state index in [2.05, 4.69) is 33.6 Å². The Balaban J connectivity index is 1.74. The number of imide groups is 1. The Morgan fingerprint density at radius 2 is 1.92 bits per heavy atom. The molecule has 1 aromatic heterocycles. The SMILES string of the molecule is CC(C)N1CCN(c2nccc(/C=C3\SC(=O)N(C)C3=O)n2)CC1. The van der Waals surface area contributed by atoms with Gasteiger partial charge in [0.2, 0.25) is 5.95 Å². The fraction of sp³-hybridized carbons (Fsp3) is 0.500. The highest BCUT2D eigenvalue weighted by Gasteiger charge is 2.32. The summed E-state index contributed by atoms with van der Waals surface area (Å²) in [5.74, 6) is 0.388. The first-order valence-corrected chi connectivity index (χ1v) is 8.81. The van der Waals surface area contributed by atoms with Gasteiger partial charge < -0.3 is 4.90 Å². The molecule has 0 N–H and O–H groups in total. The second-order valence-electron chi connectivity index (χ2n) is 6.14. The molecular weight excluding hydrogens is 326 g/mol. The van der Waals surface area contributed by atoms with Crippen molar-refractivity contribution < 1.29 is 9.59 Å². The van der Waals surface area contributed by atoms with Gasteiger partial charge in [-0.05, 0) is 37.8 Å². The molecule has 0 bridgehead atoms. The van der Waals surface area contributed by atoms with Crippen molar-refractivity contribution in [3.8, 4) is 0 Å². The molecule has 0 aromatic carbocycles. The van der Waals surface area contributed by atoms with E-state index in [1.807, 2.05) is 0 Å². The molecule has 0 aliphatic carbocycles. The Kier molecular flexibility index (Phi) is 4.86. The van der Waals surface area contributed by atoms with E-state index in [-0.39, 0.29) is 11.1 Å². The standard InChI is InChI=1S/C16H21N5O2S/c1-11(2)20-6-8-21(9-7-20)15-17-5-4-12(18-15)10-13-14(22)19(3)16(23)24-13/h4-5,10-11H,6-9H2,1-3H3/b13-10-. The van der Waals surface area contributed by atoms with Crippen LogP contribution < -0.4 is 4.90 Å². The Morgan fingerprint density at radius 3 is 2.50 bits per heavy atom. The second kappa shape index (κ2) is 6.90. The fourth-order valence-electron chi connectivity index (χ4n) is 2.71. The van der Waals surface area contributed by atoms with Crippen LogP contribution in [0.5, 0.6) is 0 Å². The summed E-state index contributed by atoms with van der Waals surface area (Å²) in [5.41, 5.74) is 0.644. The Labute approximate surface area is 145 Å². The molecule has 3 heterocycles. The van der Waals surface area contributed by atoms with E-state index in [1.165, 1.54) is 7.05 Å².